The number of ketones is 1. The van der Waals surface area contributed by atoms with E-state index in [2.05, 4.69) is 0 Å². The van der Waals surface area contributed by atoms with Crippen molar-refractivity contribution in [2.24, 2.45) is 0 Å². The molecule has 2 nitrogen and oxygen atoms in total. The summed E-state index contributed by atoms with van der Waals surface area (Å²) in [6, 6.07) is 0. The van der Waals surface area contributed by atoms with Crippen LogP contribution in [-0.2, 0) is 9.53 Å². The minimum atomic E-state index is 0.182. The predicted molar refractivity (Wildman–Crippen MR) is 40.7 cm³/mol. The van der Waals surface area contributed by atoms with Gasteiger partial charge in [0.05, 0.1) is 12.9 Å². The summed E-state index contributed by atoms with van der Waals surface area (Å²) in [5.41, 5.74) is 0. The van der Waals surface area contributed by atoms with E-state index < -0.39 is 0 Å². The fourth-order valence-corrected chi connectivity index (χ4v) is 0.731. The van der Waals surface area contributed by atoms with Gasteiger partial charge < -0.3 is 4.74 Å². The molecule has 10 heavy (non-hydrogen) atoms. The van der Waals surface area contributed by atoms with Crippen LogP contribution in [0.5, 0.6) is 0 Å². The topological polar surface area (TPSA) is 26.3 Å². The molecule has 0 aromatic carbocycles. The fourth-order valence-electron chi connectivity index (χ4n) is 0.731. The van der Waals surface area contributed by atoms with E-state index >= 15 is 0 Å². The normalized spacial score (nSPS) is 15.5. The Morgan fingerprint density at radius 2 is 2.00 bits per heavy atom. The number of hydrogen-bond acceptors (Lipinski definition) is 2. The van der Waals surface area contributed by atoms with Crippen molar-refractivity contribution in [2.45, 2.75) is 26.7 Å². The molecular formula is C8H14O2. The van der Waals surface area contributed by atoms with Crippen LogP contribution < -0.4 is 0 Å². The van der Waals surface area contributed by atoms with Crippen molar-refractivity contribution < 1.29 is 9.53 Å². The molecule has 0 atom stereocenters. The van der Waals surface area contributed by atoms with Crippen molar-refractivity contribution in [1.82, 2.24) is 0 Å². The summed E-state index contributed by atoms with van der Waals surface area (Å²) < 4.78 is 4.82. The van der Waals surface area contributed by atoms with Gasteiger partial charge in [-0.2, -0.15) is 0 Å². The number of ether oxygens (including phenoxy) is 1. The maximum Gasteiger partial charge on any atom is 0.159 e. The lowest BCUT2D eigenvalue weighted by Crippen LogP contribution is -1.80. The Labute approximate surface area is 61.9 Å². The largest absolute Gasteiger partial charge is 0.501 e. The molecule has 0 N–H and O–H groups in total. The second-order valence-electron chi connectivity index (χ2n) is 1.78. The van der Waals surface area contributed by atoms with Gasteiger partial charge in [-0.15, -0.1) is 0 Å². The van der Waals surface area contributed by atoms with E-state index in [0.29, 0.717) is 6.42 Å². The standard InChI is InChI=1S/C6H8O2.C2H6/c1-8-6-3-2-5(7)4-6;1-2/h4H,2-3H2,1H3;1-2H3. The van der Waals surface area contributed by atoms with Gasteiger partial charge in [-0.1, -0.05) is 13.8 Å². The highest BCUT2D eigenvalue weighted by Gasteiger charge is 2.10. The molecule has 0 heterocycles. The second-order valence-corrected chi connectivity index (χ2v) is 1.78. The predicted octanol–water partition coefficient (Wildman–Crippen LogP) is 1.91. The molecule has 0 bridgehead atoms. The van der Waals surface area contributed by atoms with Gasteiger partial charge >= 0.3 is 0 Å². The first-order valence-electron chi connectivity index (χ1n) is 3.60. The molecule has 0 amide bonds. The van der Waals surface area contributed by atoms with E-state index in [0.717, 1.165) is 12.2 Å². The van der Waals surface area contributed by atoms with Gasteiger partial charge in [0, 0.05) is 18.9 Å². The fraction of sp³-hybridized carbons (Fsp3) is 0.625. The van der Waals surface area contributed by atoms with E-state index in [1.54, 1.807) is 13.2 Å². The number of carbonyl (C=O) groups excluding carboxylic acids is 1. The Hall–Kier alpha value is -0.790. The Balaban J connectivity index is 0.000000371. The minimum Gasteiger partial charge on any atom is -0.501 e. The Morgan fingerprint density at radius 3 is 2.20 bits per heavy atom. The monoisotopic (exact) mass is 142 g/mol. The summed E-state index contributed by atoms with van der Waals surface area (Å²) >= 11 is 0. The van der Waals surface area contributed by atoms with Crippen molar-refractivity contribution in [3.63, 3.8) is 0 Å². The molecule has 0 aliphatic heterocycles. The zero-order valence-corrected chi connectivity index (χ0v) is 6.81. The minimum absolute atomic E-state index is 0.182. The maximum atomic E-state index is 10.5. The number of carbonyl (C=O) groups is 1. The molecule has 1 aliphatic rings. The molecule has 0 fully saturated rings. The highest BCUT2D eigenvalue weighted by atomic mass is 16.5. The summed E-state index contributed by atoms with van der Waals surface area (Å²) in [5.74, 6) is 0.997. The van der Waals surface area contributed by atoms with Gasteiger partial charge in [-0.05, 0) is 0 Å². The van der Waals surface area contributed by atoms with Gasteiger partial charge in [0.2, 0.25) is 0 Å². The van der Waals surface area contributed by atoms with Crippen molar-refractivity contribution in [2.75, 3.05) is 7.11 Å². The SMILES string of the molecule is CC.COC1=CC(=O)CC1. The van der Waals surface area contributed by atoms with Gasteiger partial charge in [0.1, 0.15) is 0 Å². The Morgan fingerprint density at radius 1 is 1.40 bits per heavy atom. The van der Waals surface area contributed by atoms with E-state index in [4.69, 9.17) is 4.74 Å². The summed E-state index contributed by atoms with van der Waals surface area (Å²) in [5, 5.41) is 0. The van der Waals surface area contributed by atoms with Crippen LogP contribution in [0.4, 0.5) is 0 Å². The van der Waals surface area contributed by atoms with Crippen molar-refractivity contribution in [1.29, 1.82) is 0 Å². The van der Waals surface area contributed by atoms with E-state index in [9.17, 15) is 4.79 Å². The second kappa shape index (κ2) is 5.03. The number of allylic oxidation sites excluding steroid dienone is 2. The number of rotatable bonds is 1. The quantitative estimate of drug-likeness (QED) is 0.559. The van der Waals surface area contributed by atoms with Gasteiger partial charge in [-0.25, -0.2) is 0 Å². The molecule has 0 unspecified atom stereocenters. The van der Waals surface area contributed by atoms with Crippen LogP contribution >= 0.6 is 0 Å². The average molecular weight is 142 g/mol. The smallest absolute Gasteiger partial charge is 0.159 e. The first-order valence-corrected chi connectivity index (χ1v) is 3.60. The van der Waals surface area contributed by atoms with Crippen LogP contribution in [0, 0.1) is 0 Å². The van der Waals surface area contributed by atoms with Crippen LogP contribution in [0.15, 0.2) is 11.8 Å². The van der Waals surface area contributed by atoms with Gasteiger partial charge in [0.25, 0.3) is 0 Å². The molecule has 2 heteroatoms. The molecule has 0 saturated heterocycles. The molecule has 0 radical (unpaired) electrons. The van der Waals surface area contributed by atoms with Crippen molar-refractivity contribution >= 4 is 5.78 Å². The van der Waals surface area contributed by atoms with E-state index in [1.807, 2.05) is 13.8 Å². The maximum absolute atomic E-state index is 10.5. The summed E-state index contributed by atoms with van der Waals surface area (Å²) in [4.78, 5) is 10.5. The van der Waals surface area contributed by atoms with Gasteiger partial charge in [-0.3, -0.25) is 4.79 Å². The van der Waals surface area contributed by atoms with E-state index in [1.165, 1.54) is 0 Å². The van der Waals surface area contributed by atoms with Crippen molar-refractivity contribution in [3.05, 3.63) is 11.8 Å². The van der Waals surface area contributed by atoms with Crippen LogP contribution in [0.25, 0.3) is 0 Å². The Kier molecular flexibility index (Phi) is 4.63. The number of methoxy groups -OCH3 is 1. The first kappa shape index (κ1) is 9.21. The summed E-state index contributed by atoms with van der Waals surface area (Å²) in [6.45, 7) is 4.00. The molecule has 58 valence electrons. The molecule has 1 aliphatic carbocycles. The molecule has 0 aromatic rings. The third kappa shape index (κ3) is 2.67. The molecule has 0 spiro atoms. The zero-order valence-electron chi connectivity index (χ0n) is 6.81. The van der Waals surface area contributed by atoms with E-state index in [-0.39, 0.29) is 5.78 Å². The lowest BCUT2D eigenvalue weighted by atomic mass is 10.3. The van der Waals surface area contributed by atoms with Crippen LogP contribution in [0.1, 0.15) is 26.7 Å². The highest BCUT2D eigenvalue weighted by molar-refractivity contribution is 5.92. The van der Waals surface area contributed by atoms with Crippen LogP contribution in [-0.4, -0.2) is 12.9 Å². The number of hydrogen-bond donors (Lipinski definition) is 0. The Bertz CT molecular complexity index is 136. The first-order chi connectivity index (χ1) is 4.83. The third-order valence-electron chi connectivity index (χ3n) is 1.20. The lowest BCUT2D eigenvalue weighted by Gasteiger charge is -1.93. The zero-order chi connectivity index (χ0) is 7.98. The molecular weight excluding hydrogens is 128 g/mol. The molecule has 0 saturated carbocycles. The molecule has 1 rings (SSSR count). The van der Waals surface area contributed by atoms with Gasteiger partial charge in [0.15, 0.2) is 5.78 Å². The lowest BCUT2D eigenvalue weighted by molar-refractivity contribution is -0.114. The average Bonchev–Trinajstić information content (AvgIpc) is 2.40. The van der Waals surface area contributed by atoms with Crippen LogP contribution in [0.3, 0.4) is 0 Å². The molecule has 0 aromatic heterocycles. The third-order valence-corrected chi connectivity index (χ3v) is 1.20. The van der Waals surface area contributed by atoms with Crippen molar-refractivity contribution in [3.8, 4) is 0 Å². The van der Waals surface area contributed by atoms with Crippen LogP contribution in [0.2, 0.25) is 0 Å². The summed E-state index contributed by atoms with van der Waals surface area (Å²) in [7, 11) is 1.59. The summed E-state index contributed by atoms with van der Waals surface area (Å²) in [6.07, 6.45) is 2.97. The highest BCUT2D eigenvalue weighted by Crippen LogP contribution is 2.13.